The molecule has 1 amide bonds. The van der Waals surface area contributed by atoms with Crippen LogP contribution in [0.25, 0.3) is 0 Å². The fourth-order valence-electron chi connectivity index (χ4n) is 3.09. The highest BCUT2D eigenvalue weighted by atomic mass is 16.5. The van der Waals surface area contributed by atoms with Gasteiger partial charge in [0.15, 0.2) is 11.5 Å². The highest BCUT2D eigenvalue weighted by molar-refractivity contribution is 5.79. The summed E-state index contributed by atoms with van der Waals surface area (Å²) in [6.07, 6.45) is 2.56. The monoisotopic (exact) mass is 291 g/mol. The lowest BCUT2D eigenvalue weighted by Crippen LogP contribution is -2.25. The summed E-state index contributed by atoms with van der Waals surface area (Å²) in [6.45, 7) is 0.663. The number of amides is 1. The molecule has 1 saturated carbocycles. The quantitative estimate of drug-likeness (QED) is 0.884. The van der Waals surface area contributed by atoms with Gasteiger partial charge < -0.3 is 19.9 Å². The van der Waals surface area contributed by atoms with E-state index in [0.717, 1.165) is 24.8 Å². The van der Waals surface area contributed by atoms with Crippen molar-refractivity contribution in [3.63, 3.8) is 0 Å². The second kappa shape index (κ2) is 5.93. The third-order valence-electron chi connectivity index (χ3n) is 4.33. The van der Waals surface area contributed by atoms with Gasteiger partial charge in [0, 0.05) is 18.9 Å². The van der Waals surface area contributed by atoms with Crippen LogP contribution in [0.15, 0.2) is 18.2 Å². The Morgan fingerprint density at radius 2 is 2.14 bits per heavy atom. The molecule has 2 unspecified atom stereocenters. The van der Waals surface area contributed by atoms with Gasteiger partial charge in [0.2, 0.25) is 5.91 Å². The van der Waals surface area contributed by atoms with E-state index in [-0.39, 0.29) is 17.9 Å². The van der Waals surface area contributed by atoms with Gasteiger partial charge in [-0.25, -0.2) is 0 Å². The maximum Gasteiger partial charge on any atom is 0.220 e. The van der Waals surface area contributed by atoms with E-state index in [1.54, 1.807) is 7.11 Å². The standard InChI is InChI=1S/C16H21NO4/c1-20-14-6-5-10(11-8-16(19)17-9-11)7-15(14)21-13-4-2-3-12(13)18/h5-7,11-13,18H,2-4,8-9H2,1H3,(H,17,19)/t11-,12?,13?/m1/s1. The Morgan fingerprint density at radius 3 is 2.76 bits per heavy atom. The van der Waals surface area contributed by atoms with Gasteiger partial charge in [-0.15, -0.1) is 0 Å². The molecule has 5 nitrogen and oxygen atoms in total. The number of nitrogens with one attached hydrogen (secondary N) is 1. The molecule has 0 bridgehead atoms. The Balaban J connectivity index is 1.81. The number of benzene rings is 1. The maximum atomic E-state index is 11.4. The van der Waals surface area contributed by atoms with Gasteiger partial charge in [0.1, 0.15) is 6.10 Å². The minimum atomic E-state index is -0.409. The molecule has 1 aromatic rings. The van der Waals surface area contributed by atoms with E-state index in [0.29, 0.717) is 24.5 Å². The fourth-order valence-corrected chi connectivity index (χ4v) is 3.09. The van der Waals surface area contributed by atoms with Gasteiger partial charge in [0.05, 0.1) is 13.2 Å². The average molecular weight is 291 g/mol. The minimum absolute atomic E-state index is 0.0875. The molecular formula is C16H21NO4. The van der Waals surface area contributed by atoms with Gasteiger partial charge in [0.25, 0.3) is 0 Å². The van der Waals surface area contributed by atoms with Crippen LogP contribution in [0.4, 0.5) is 0 Å². The van der Waals surface area contributed by atoms with Crippen LogP contribution in [0.5, 0.6) is 11.5 Å². The topological polar surface area (TPSA) is 67.8 Å². The molecule has 5 heteroatoms. The van der Waals surface area contributed by atoms with Crippen molar-refractivity contribution in [2.75, 3.05) is 13.7 Å². The predicted molar refractivity (Wildman–Crippen MR) is 77.6 cm³/mol. The lowest BCUT2D eigenvalue weighted by molar-refractivity contribution is -0.119. The van der Waals surface area contributed by atoms with Crippen molar-refractivity contribution in [2.45, 2.75) is 43.8 Å². The number of hydrogen-bond acceptors (Lipinski definition) is 4. The molecule has 1 aromatic carbocycles. The first kappa shape index (κ1) is 14.2. The van der Waals surface area contributed by atoms with Gasteiger partial charge in [-0.1, -0.05) is 6.07 Å². The molecule has 2 fully saturated rings. The van der Waals surface area contributed by atoms with Crippen LogP contribution in [-0.4, -0.2) is 36.9 Å². The number of methoxy groups -OCH3 is 1. The summed E-state index contributed by atoms with van der Waals surface area (Å²) in [5.41, 5.74) is 1.07. The van der Waals surface area contributed by atoms with Crippen molar-refractivity contribution < 1.29 is 19.4 Å². The Hall–Kier alpha value is -1.75. The summed E-state index contributed by atoms with van der Waals surface area (Å²) >= 11 is 0. The highest BCUT2D eigenvalue weighted by Gasteiger charge is 2.29. The number of aliphatic hydroxyl groups is 1. The SMILES string of the molecule is COc1ccc([C@H]2CNC(=O)C2)cc1OC1CCCC1O. The molecule has 2 N–H and O–H groups in total. The molecule has 3 atom stereocenters. The third-order valence-corrected chi connectivity index (χ3v) is 4.33. The molecule has 0 aromatic heterocycles. The summed E-state index contributed by atoms with van der Waals surface area (Å²) in [5.74, 6) is 1.58. The first-order valence-electron chi connectivity index (χ1n) is 7.46. The van der Waals surface area contributed by atoms with Crippen LogP contribution in [0, 0.1) is 0 Å². The van der Waals surface area contributed by atoms with Crippen LogP contribution in [0.2, 0.25) is 0 Å². The Labute approximate surface area is 124 Å². The second-order valence-electron chi connectivity index (χ2n) is 5.77. The summed E-state index contributed by atoms with van der Waals surface area (Å²) in [5, 5.41) is 12.8. The number of carbonyl (C=O) groups is 1. The molecule has 1 aliphatic carbocycles. The van der Waals surface area contributed by atoms with Crippen molar-refractivity contribution in [1.82, 2.24) is 5.32 Å². The summed E-state index contributed by atoms with van der Waals surface area (Å²) in [7, 11) is 1.60. The summed E-state index contributed by atoms with van der Waals surface area (Å²) in [6, 6.07) is 5.78. The molecule has 0 radical (unpaired) electrons. The second-order valence-corrected chi connectivity index (χ2v) is 5.77. The Kier molecular flexibility index (Phi) is 4.01. The minimum Gasteiger partial charge on any atom is -0.493 e. The summed E-state index contributed by atoms with van der Waals surface area (Å²) in [4.78, 5) is 11.4. The normalized spacial score (nSPS) is 28.5. The van der Waals surface area contributed by atoms with E-state index in [4.69, 9.17) is 9.47 Å². The lowest BCUT2D eigenvalue weighted by atomic mass is 9.98. The number of carbonyl (C=O) groups excluding carboxylic acids is 1. The molecule has 1 saturated heterocycles. The van der Waals surface area contributed by atoms with E-state index in [1.807, 2.05) is 18.2 Å². The lowest BCUT2D eigenvalue weighted by Gasteiger charge is -2.20. The first-order valence-corrected chi connectivity index (χ1v) is 7.46. The molecular weight excluding hydrogens is 270 g/mol. The number of aliphatic hydroxyl groups excluding tert-OH is 1. The number of rotatable bonds is 4. The maximum absolute atomic E-state index is 11.4. The van der Waals surface area contributed by atoms with E-state index < -0.39 is 6.10 Å². The summed E-state index contributed by atoms with van der Waals surface area (Å²) < 4.78 is 11.3. The van der Waals surface area contributed by atoms with Gasteiger partial charge in [-0.3, -0.25) is 4.79 Å². The third kappa shape index (κ3) is 2.97. The largest absolute Gasteiger partial charge is 0.493 e. The van der Waals surface area contributed by atoms with Gasteiger partial charge in [-0.05, 0) is 37.0 Å². The van der Waals surface area contributed by atoms with Crippen molar-refractivity contribution in [3.8, 4) is 11.5 Å². The Bertz CT molecular complexity index is 531. The van der Waals surface area contributed by atoms with Gasteiger partial charge in [-0.2, -0.15) is 0 Å². The molecule has 1 aliphatic heterocycles. The molecule has 1 heterocycles. The smallest absolute Gasteiger partial charge is 0.220 e. The highest BCUT2D eigenvalue weighted by Crippen LogP contribution is 2.35. The van der Waals surface area contributed by atoms with Crippen molar-refractivity contribution in [2.24, 2.45) is 0 Å². The van der Waals surface area contributed by atoms with E-state index in [9.17, 15) is 9.90 Å². The molecule has 114 valence electrons. The van der Waals surface area contributed by atoms with Crippen LogP contribution in [-0.2, 0) is 4.79 Å². The zero-order valence-corrected chi connectivity index (χ0v) is 12.2. The Morgan fingerprint density at radius 1 is 1.29 bits per heavy atom. The van der Waals surface area contributed by atoms with Crippen molar-refractivity contribution in [1.29, 1.82) is 0 Å². The first-order chi connectivity index (χ1) is 10.2. The van der Waals surface area contributed by atoms with Crippen LogP contribution < -0.4 is 14.8 Å². The van der Waals surface area contributed by atoms with Crippen LogP contribution in [0.1, 0.15) is 37.2 Å². The van der Waals surface area contributed by atoms with E-state index >= 15 is 0 Å². The van der Waals surface area contributed by atoms with E-state index in [2.05, 4.69) is 5.32 Å². The van der Waals surface area contributed by atoms with Crippen LogP contribution >= 0.6 is 0 Å². The molecule has 21 heavy (non-hydrogen) atoms. The molecule has 2 aliphatic rings. The fraction of sp³-hybridized carbons (Fsp3) is 0.562. The van der Waals surface area contributed by atoms with E-state index in [1.165, 1.54) is 0 Å². The average Bonchev–Trinajstić information content (AvgIpc) is 3.08. The zero-order valence-electron chi connectivity index (χ0n) is 12.2. The number of hydrogen-bond donors (Lipinski definition) is 2. The van der Waals surface area contributed by atoms with Crippen molar-refractivity contribution >= 4 is 5.91 Å². The predicted octanol–water partition coefficient (Wildman–Crippen LogP) is 1.59. The van der Waals surface area contributed by atoms with Gasteiger partial charge >= 0.3 is 0 Å². The zero-order chi connectivity index (χ0) is 14.8. The van der Waals surface area contributed by atoms with Crippen LogP contribution in [0.3, 0.4) is 0 Å². The van der Waals surface area contributed by atoms with Crippen molar-refractivity contribution in [3.05, 3.63) is 23.8 Å². The number of ether oxygens (including phenoxy) is 2. The molecule has 3 rings (SSSR count). The molecule has 0 spiro atoms.